The topological polar surface area (TPSA) is 57.5 Å². The van der Waals surface area contributed by atoms with Crippen LogP contribution in [0.3, 0.4) is 0 Å². The van der Waals surface area contributed by atoms with Crippen molar-refractivity contribution in [2.24, 2.45) is 5.92 Å². The van der Waals surface area contributed by atoms with Gasteiger partial charge in [-0.2, -0.15) is 0 Å². The molecule has 0 aromatic rings. The van der Waals surface area contributed by atoms with E-state index in [0.717, 1.165) is 19.3 Å². The van der Waals surface area contributed by atoms with Crippen LogP contribution in [0.4, 0.5) is 0 Å². The summed E-state index contributed by atoms with van der Waals surface area (Å²) in [6.07, 6.45) is 27.4. The van der Waals surface area contributed by atoms with Gasteiger partial charge in [0.25, 0.3) is 0 Å². The summed E-state index contributed by atoms with van der Waals surface area (Å²) in [7, 11) is 0. The lowest BCUT2D eigenvalue weighted by Crippen LogP contribution is -2.24. The van der Waals surface area contributed by atoms with Gasteiger partial charge in [-0.05, 0) is 31.6 Å². The molecule has 0 bridgehead atoms. The van der Waals surface area contributed by atoms with Crippen LogP contribution in [-0.4, -0.2) is 22.3 Å². The number of unbranched alkanes of at least 4 members (excludes halogenated alkanes) is 15. The first-order chi connectivity index (χ1) is 13.7. The fourth-order valence-electron chi connectivity index (χ4n) is 4.68. The summed E-state index contributed by atoms with van der Waals surface area (Å²) in [6.45, 7) is 0. The maximum Gasteiger partial charge on any atom is 0.303 e. The molecule has 0 spiro atoms. The number of hydrogen-bond acceptors (Lipinski definition) is 2. The Balaban J connectivity index is 1.69. The molecular weight excluding hydrogens is 348 g/mol. The predicted molar refractivity (Wildman–Crippen MR) is 119 cm³/mol. The van der Waals surface area contributed by atoms with E-state index in [1.54, 1.807) is 0 Å². The van der Waals surface area contributed by atoms with E-state index in [2.05, 4.69) is 0 Å². The summed E-state index contributed by atoms with van der Waals surface area (Å²) < 4.78 is 0. The molecule has 2 atom stereocenters. The van der Waals surface area contributed by atoms with Crippen molar-refractivity contribution in [1.82, 2.24) is 0 Å². The average molecular weight is 397 g/mol. The molecular formula is C25H48O3. The van der Waals surface area contributed by atoms with E-state index in [9.17, 15) is 9.90 Å². The third-order valence-corrected chi connectivity index (χ3v) is 6.58. The molecule has 0 aromatic carbocycles. The summed E-state index contributed by atoms with van der Waals surface area (Å²) in [5.41, 5.74) is 0. The van der Waals surface area contributed by atoms with Crippen LogP contribution in [-0.2, 0) is 4.79 Å². The van der Waals surface area contributed by atoms with Gasteiger partial charge in [-0.3, -0.25) is 4.79 Å². The molecule has 28 heavy (non-hydrogen) atoms. The normalized spacial score (nSPS) is 19.8. The van der Waals surface area contributed by atoms with Gasteiger partial charge in [0.05, 0.1) is 6.10 Å². The van der Waals surface area contributed by atoms with Gasteiger partial charge in [-0.1, -0.05) is 109 Å². The number of hydrogen-bond donors (Lipinski definition) is 2. The van der Waals surface area contributed by atoms with Crippen LogP contribution >= 0.6 is 0 Å². The van der Waals surface area contributed by atoms with Crippen molar-refractivity contribution in [3.05, 3.63) is 0 Å². The first kappa shape index (κ1) is 25.5. The minimum absolute atomic E-state index is 0.00225. The number of aliphatic carboxylic acids is 1. The highest BCUT2D eigenvalue weighted by Crippen LogP contribution is 2.28. The summed E-state index contributed by atoms with van der Waals surface area (Å²) in [5, 5.41) is 18.6. The smallest absolute Gasteiger partial charge is 0.303 e. The van der Waals surface area contributed by atoms with Gasteiger partial charge in [-0.15, -0.1) is 0 Å². The van der Waals surface area contributed by atoms with Crippen LogP contribution in [0, 0.1) is 5.92 Å². The lowest BCUT2D eigenvalue weighted by Gasteiger charge is -2.27. The SMILES string of the molecule is O=C(O)CCCCCCCCCCCCCCCCCCC1CCCCC1O. The van der Waals surface area contributed by atoms with Gasteiger partial charge in [0, 0.05) is 6.42 Å². The third kappa shape index (κ3) is 15.4. The molecule has 0 radical (unpaired) electrons. The maximum absolute atomic E-state index is 10.4. The second-order valence-electron chi connectivity index (χ2n) is 9.20. The van der Waals surface area contributed by atoms with Crippen molar-refractivity contribution in [2.45, 2.75) is 147 Å². The van der Waals surface area contributed by atoms with Crippen molar-refractivity contribution in [3.8, 4) is 0 Å². The van der Waals surface area contributed by atoms with Gasteiger partial charge in [0.1, 0.15) is 0 Å². The van der Waals surface area contributed by atoms with Crippen LogP contribution in [0.25, 0.3) is 0 Å². The lowest BCUT2D eigenvalue weighted by atomic mass is 9.83. The van der Waals surface area contributed by atoms with E-state index in [0.29, 0.717) is 12.3 Å². The van der Waals surface area contributed by atoms with Crippen molar-refractivity contribution in [1.29, 1.82) is 0 Å². The fraction of sp³-hybridized carbons (Fsp3) is 0.960. The molecule has 0 heterocycles. The average Bonchev–Trinajstić information content (AvgIpc) is 2.68. The molecule has 1 fully saturated rings. The molecule has 0 aliphatic heterocycles. The molecule has 0 saturated heterocycles. The monoisotopic (exact) mass is 396 g/mol. The number of carbonyl (C=O) groups is 1. The summed E-state index contributed by atoms with van der Waals surface area (Å²) in [4.78, 5) is 10.4. The summed E-state index contributed by atoms with van der Waals surface area (Å²) in [5.74, 6) is -0.0546. The zero-order chi connectivity index (χ0) is 20.3. The molecule has 1 rings (SSSR count). The summed E-state index contributed by atoms with van der Waals surface area (Å²) in [6, 6.07) is 0. The number of carboxylic acid groups (broad SMARTS) is 1. The maximum atomic E-state index is 10.4. The zero-order valence-corrected chi connectivity index (χ0v) is 18.5. The van der Waals surface area contributed by atoms with Crippen LogP contribution in [0.1, 0.15) is 141 Å². The molecule has 2 N–H and O–H groups in total. The largest absolute Gasteiger partial charge is 0.481 e. The predicted octanol–water partition coefficient (Wildman–Crippen LogP) is 7.64. The second kappa shape index (κ2) is 18.5. The molecule has 1 aliphatic carbocycles. The molecule has 166 valence electrons. The van der Waals surface area contributed by atoms with Crippen LogP contribution in [0.2, 0.25) is 0 Å². The Bertz CT molecular complexity index is 356. The van der Waals surface area contributed by atoms with E-state index in [-0.39, 0.29) is 6.10 Å². The van der Waals surface area contributed by atoms with E-state index >= 15 is 0 Å². The first-order valence-corrected chi connectivity index (χ1v) is 12.6. The molecule has 1 aliphatic rings. The number of aliphatic hydroxyl groups excluding tert-OH is 1. The van der Waals surface area contributed by atoms with Gasteiger partial charge >= 0.3 is 5.97 Å². The number of aliphatic hydroxyl groups is 1. The second-order valence-corrected chi connectivity index (χ2v) is 9.20. The Morgan fingerprint density at radius 2 is 1.00 bits per heavy atom. The van der Waals surface area contributed by atoms with Crippen molar-refractivity contribution in [3.63, 3.8) is 0 Å². The lowest BCUT2D eigenvalue weighted by molar-refractivity contribution is -0.137. The van der Waals surface area contributed by atoms with Gasteiger partial charge in [0.15, 0.2) is 0 Å². The Morgan fingerprint density at radius 1 is 0.607 bits per heavy atom. The quantitative estimate of drug-likeness (QED) is 0.220. The fourth-order valence-corrected chi connectivity index (χ4v) is 4.68. The Kier molecular flexibility index (Phi) is 16.8. The Labute approximate surface area is 174 Å². The van der Waals surface area contributed by atoms with Crippen molar-refractivity contribution < 1.29 is 15.0 Å². The molecule has 2 unspecified atom stereocenters. The highest BCUT2D eigenvalue weighted by atomic mass is 16.4. The highest BCUT2D eigenvalue weighted by molar-refractivity contribution is 5.66. The van der Waals surface area contributed by atoms with E-state index in [1.807, 2.05) is 0 Å². The Hall–Kier alpha value is -0.570. The third-order valence-electron chi connectivity index (χ3n) is 6.58. The standard InChI is InChI=1S/C25H48O3/c26-24-21-18-17-20-23(24)19-15-13-11-9-7-5-3-1-2-4-6-8-10-12-14-16-22-25(27)28/h23-24,26H,1-22H2,(H,27,28). The molecule has 1 saturated carbocycles. The molecule has 3 nitrogen and oxygen atoms in total. The molecule has 0 aromatic heterocycles. The number of carboxylic acids is 1. The first-order valence-electron chi connectivity index (χ1n) is 12.6. The molecule has 0 amide bonds. The minimum Gasteiger partial charge on any atom is -0.481 e. The van der Waals surface area contributed by atoms with Crippen LogP contribution in [0.15, 0.2) is 0 Å². The minimum atomic E-state index is -0.657. The van der Waals surface area contributed by atoms with Gasteiger partial charge in [0.2, 0.25) is 0 Å². The van der Waals surface area contributed by atoms with E-state index in [1.165, 1.54) is 116 Å². The zero-order valence-electron chi connectivity index (χ0n) is 18.5. The number of rotatable bonds is 19. The van der Waals surface area contributed by atoms with Gasteiger partial charge < -0.3 is 10.2 Å². The highest BCUT2D eigenvalue weighted by Gasteiger charge is 2.21. The summed E-state index contributed by atoms with van der Waals surface area (Å²) >= 11 is 0. The van der Waals surface area contributed by atoms with Crippen LogP contribution < -0.4 is 0 Å². The van der Waals surface area contributed by atoms with Crippen molar-refractivity contribution in [2.75, 3.05) is 0 Å². The molecule has 3 heteroatoms. The van der Waals surface area contributed by atoms with E-state index in [4.69, 9.17) is 5.11 Å². The Morgan fingerprint density at radius 3 is 1.43 bits per heavy atom. The van der Waals surface area contributed by atoms with Gasteiger partial charge in [-0.25, -0.2) is 0 Å². The van der Waals surface area contributed by atoms with Crippen molar-refractivity contribution >= 4 is 5.97 Å². The van der Waals surface area contributed by atoms with Crippen LogP contribution in [0.5, 0.6) is 0 Å². The van der Waals surface area contributed by atoms with E-state index < -0.39 is 5.97 Å².